The molecular weight excluding hydrogens is 208 g/mol. The Balaban J connectivity index is 4.45. The molecule has 6 nitrogen and oxygen atoms in total. The Bertz CT molecular complexity index is 413. The minimum atomic E-state index is -3.41. The zero-order valence-electron chi connectivity index (χ0n) is 11.1. The largest absolute Gasteiger partial charge is 0.433 e. The average Bonchev–Trinajstić information content (AvgIpc) is 1.97. The van der Waals surface area contributed by atoms with E-state index >= 15 is 0 Å². The van der Waals surface area contributed by atoms with Crippen LogP contribution in [0.15, 0.2) is 5.16 Å². The fourth-order valence-corrected chi connectivity index (χ4v) is 0.554. The molecule has 0 atom stereocenters. The summed E-state index contributed by atoms with van der Waals surface area (Å²) >= 11 is 0. The van der Waals surface area contributed by atoms with Crippen molar-refractivity contribution >= 4 is 22.1 Å². The number of amides is 1. The van der Waals surface area contributed by atoms with Crippen LogP contribution in [0.2, 0.25) is 0 Å². The molecular formula is C7H14N2O4S. The van der Waals surface area contributed by atoms with E-state index in [2.05, 4.69) is 9.99 Å². The van der Waals surface area contributed by atoms with Crippen LogP contribution in [0.4, 0.5) is 4.79 Å². The number of oxime groups is 1. The third kappa shape index (κ3) is 3.73. The molecule has 0 spiro atoms. The summed E-state index contributed by atoms with van der Waals surface area (Å²) in [4.78, 5) is 15.0. The van der Waals surface area contributed by atoms with Crippen molar-refractivity contribution in [3.63, 3.8) is 0 Å². The Morgan fingerprint density at radius 3 is 2.64 bits per heavy atom. The highest BCUT2D eigenvalue weighted by Crippen LogP contribution is 2.11. The van der Waals surface area contributed by atoms with Crippen molar-refractivity contribution in [2.24, 2.45) is 5.16 Å². The van der Waals surface area contributed by atoms with Crippen LogP contribution < -0.4 is 5.32 Å². The fraction of sp³-hybridized carbons (Fsp3) is 0.714. The van der Waals surface area contributed by atoms with E-state index in [4.69, 9.17) is 4.11 Å². The zero-order chi connectivity index (χ0) is 13.9. The minimum absolute atomic E-state index is 0.904. The third-order valence-corrected chi connectivity index (χ3v) is 3.57. The molecule has 1 amide bonds. The molecule has 0 radical (unpaired) electrons. The Morgan fingerprint density at radius 1 is 1.64 bits per heavy atom. The highest BCUT2D eigenvalue weighted by atomic mass is 32.2. The minimum Gasteiger partial charge on any atom is -0.323 e. The van der Waals surface area contributed by atoms with E-state index < -0.39 is 27.7 Å². The van der Waals surface area contributed by atoms with Crippen molar-refractivity contribution in [2.75, 3.05) is 13.2 Å². The van der Waals surface area contributed by atoms with Gasteiger partial charge in [0, 0.05) is 17.3 Å². The van der Waals surface area contributed by atoms with Crippen molar-refractivity contribution in [1.29, 1.82) is 0 Å². The van der Waals surface area contributed by atoms with E-state index in [-0.39, 0.29) is 0 Å². The van der Waals surface area contributed by atoms with Crippen molar-refractivity contribution in [3.8, 4) is 0 Å². The quantitative estimate of drug-likeness (QED) is 0.421. The summed E-state index contributed by atoms with van der Waals surface area (Å²) in [6.45, 7) is 0.0344. The summed E-state index contributed by atoms with van der Waals surface area (Å²) in [5.74, 6) is 0. The zero-order valence-corrected chi connectivity index (χ0v) is 8.88. The first-order valence-electron chi connectivity index (χ1n) is 5.08. The van der Waals surface area contributed by atoms with Gasteiger partial charge in [0.2, 0.25) is 0 Å². The average molecular weight is 225 g/mol. The number of hydrogen-bond acceptors (Lipinski definition) is 5. The molecule has 0 saturated carbocycles. The molecule has 0 aromatic carbocycles. The van der Waals surface area contributed by atoms with Gasteiger partial charge in [0.05, 0.1) is 6.21 Å². The monoisotopic (exact) mass is 225 g/mol. The summed E-state index contributed by atoms with van der Waals surface area (Å²) in [7, 11) is -3.41. The second kappa shape index (κ2) is 4.41. The molecule has 0 aliphatic heterocycles. The molecule has 0 unspecified atom stereocenters. The molecule has 0 rings (SSSR count). The van der Waals surface area contributed by atoms with Crippen LogP contribution >= 0.6 is 0 Å². The van der Waals surface area contributed by atoms with E-state index in [1.54, 1.807) is 0 Å². The maximum atomic E-state index is 11.2. The van der Waals surface area contributed by atoms with Gasteiger partial charge in [0.15, 0.2) is 9.84 Å². The predicted molar refractivity (Wildman–Crippen MR) is 53.0 cm³/mol. The van der Waals surface area contributed by atoms with Crippen LogP contribution in [-0.4, -0.2) is 38.7 Å². The smallest absolute Gasteiger partial charge is 0.323 e. The van der Waals surface area contributed by atoms with Gasteiger partial charge in [-0.3, -0.25) is 4.84 Å². The highest BCUT2D eigenvalue weighted by molar-refractivity contribution is 7.92. The Morgan fingerprint density at radius 2 is 2.21 bits per heavy atom. The topological polar surface area (TPSA) is 84.8 Å². The van der Waals surface area contributed by atoms with Crippen LogP contribution in [0.25, 0.3) is 0 Å². The highest BCUT2D eigenvalue weighted by Gasteiger charge is 2.28. The molecule has 0 aromatic heterocycles. The Labute approximate surface area is 87.4 Å². The predicted octanol–water partition coefficient (Wildman–Crippen LogP) is 0.151. The van der Waals surface area contributed by atoms with Gasteiger partial charge in [-0.25, -0.2) is 13.2 Å². The normalized spacial score (nSPS) is 16.9. The van der Waals surface area contributed by atoms with Gasteiger partial charge in [-0.05, 0) is 13.8 Å². The van der Waals surface area contributed by atoms with Crippen LogP contribution in [0.3, 0.4) is 0 Å². The Hall–Kier alpha value is -1.11. The number of rotatable bonds is 3. The maximum Gasteiger partial charge on any atom is 0.433 e. The standard InChI is InChI=1S/C7H14N2O4S/c1-7(2,14(4,11)12)5-9-13-6(10)8-3/h5H,1-4H3,(H,8,10)/b9-5+/i3D3. The number of nitrogens with one attached hydrogen (secondary N) is 1. The van der Waals surface area contributed by atoms with Crippen molar-refractivity contribution in [1.82, 2.24) is 5.32 Å². The number of carbonyl (C=O) groups excluding carboxylic acids is 1. The summed E-state index contributed by atoms with van der Waals surface area (Å²) in [5.41, 5.74) is 0. The number of carbonyl (C=O) groups is 1. The second-order valence-electron chi connectivity index (χ2n) is 3.11. The van der Waals surface area contributed by atoms with E-state index in [0.29, 0.717) is 0 Å². The van der Waals surface area contributed by atoms with Crippen molar-refractivity contribution in [3.05, 3.63) is 0 Å². The lowest BCUT2D eigenvalue weighted by Gasteiger charge is -2.15. The number of sulfone groups is 1. The van der Waals surface area contributed by atoms with Crippen molar-refractivity contribution < 1.29 is 22.2 Å². The van der Waals surface area contributed by atoms with E-state index in [1.807, 2.05) is 0 Å². The van der Waals surface area contributed by atoms with Gasteiger partial charge < -0.3 is 5.32 Å². The second-order valence-corrected chi connectivity index (χ2v) is 5.71. The first-order chi connectivity index (χ1) is 7.35. The molecule has 0 bridgehead atoms. The molecule has 0 heterocycles. The molecule has 0 fully saturated rings. The third-order valence-electron chi connectivity index (χ3n) is 1.56. The molecule has 0 aromatic rings. The van der Waals surface area contributed by atoms with E-state index in [9.17, 15) is 13.2 Å². The van der Waals surface area contributed by atoms with Gasteiger partial charge >= 0.3 is 6.09 Å². The summed E-state index contributed by atoms with van der Waals surface area (Å²) in [6.07, 6.45) is 0.619. The van der Waals surface area contributed by atoms with Gasteiger partial charge in [0.25, 0.3) is 0 Å². The molecule has 0 aliphatic carbocycles. The lowest BCUT2D eigenvalue weighted by molar-refractivity contribution is 0.153. The summed E-state index contributed by atoms with van der Waals surface area (Å²) in [6, 6.07) is 0. The SMILES string of the molecule is [2H]C([2H])([2H])NC(=O)O/N=C/C(C)(C)S(C)(=O)=O. The first-order valence-corrected chi connectivity index (χ1v) is 5.47. The van der Waals surface area contributed by atoms with Crippen LogP contribution in [0.5, 0.6) is 0 Å². The lowest BCUT2D eigenvalue weighted by Crippen LogP contribution is -2.32. The van der Waals surface area contributed by atoms with Crippen LogP contribution in [0, 0.1) is 0 Å². The van der Waals surface area contributed by atoms with Gasteiger partial charge in [-0.1, -0.05) is 5.16 Å². The van der Waals surface area contributed by atoms with Gasteiger partial charge in [-0.2, -0.15) is 0 Å². The molecule has 7 heteroatoms. The Kier molecular flexibility index (Phi) is 2.59. The summed E-state index contributed by atoms with van der Waals surface area (Å²) in [5, 5.41) is 4.65. The maximum absolute atomic E-state index is 11.2. The fourth-order valence-electron chi connectivity index (χ4n) is 0.320. The molecule has 14 heavy (non-hydrogen) atoms. The molecule has 0 saturated heterocycles. The number of nitrogens with zero attached hydrogens (tertiary/aromatic N) is 1. The van der Waals surface area contributed by atoms with Crippen LogP contribution in [0.1, 0.15) is 18.0 Å². The van der Waals surface area contributed by atoms with Gasteiger partial charge in [-0.15, -0.1) is 0 Å². The van der Waals surface area contributed by atoms with Crippen molar-refractivity contribution in [2.45, 2.75) is 18.6 Å². The lowest BCUT2D eigenvalue weighted by atomic mass is 10.2. The van der Waals surface area contributed by atoms with E-state index in [0.717, 1.165) is 12.5 Å². The number of hydrogen-bond donors (Lipinski definition) is 1. The van der Waals surface area contributed by atoms with Crippen LogP contribution in [-0.2, 0) is 14.7 Å². The molecule has 0 aliphatic rings. The summed E-state index contributed by atoms with van der Waals surface area (Å²) < 4.78 is 41.2. The molecule has 1 N–H and O–H groups in total. The first kappa shape index (κ1) is 8.22. The molecule has 82 valence electrons. The van der Waals surface area contributed by atoms with Gasteiger partial charge in [0.1, 0.15) is 4.75 Å². The van der Waals surface area contributed by atoms with E-state index in [1.165, 1.54) is 19.2 Å².